The zero-order valence-electron chi connectivity index (χ0n) is 8.80. The zero-order chi connectivity index (χ0) is 11.4. The lowest BCUT2D eigenvalue weighted by Crippen LogP contribution is -2.52. The van der Waals surface area contributed by atoms with E-state index in [9.17, 15) is 9.59 Å². The summed E-state index contributed by atoms with van der Waals surface area (Å²) in [5.74, 6) is -0.647. The predicted octanol–water partition coefficient (Wildman–Crippen LogP) is 0.0499. The molecule has 1 heterocycles. The van der Waals surface area contributed by atoms with Gasteiger partial charge in [-0.2, -0.15) is 11.8 Å². The van der Waals surface area contributed by atoms with Crippen molar-refractivity contribution in [1.82, 2.24) is 4.90 Å². The number of ether oxygens (including phenoxy) is 1. The lowest BCUT2D eigenvalue weighted by molar-refractivity contribution is -0.165. The molecule has 6 heteroatoms. The summed E-state index contributed by atoms with van der Waals surface area (Å²) in [6.45, 7) is 2.40. The number of thioether (sulfide) groups is 1. The maximum atomic E-state index is 11.6. The quantitative estimate of drug-likeness (QED) is 0.746. The second-order valence-electron chi connectivity index (χ2n) is 3.51. The van der Waals surface area contributed by atoms with Crippen LogP contribution in [-0.2, 0) is 14.3 Å². The summed E-state index contributed by atoms with van der Waals surface area (Å²) in [7, 11) is 0. The highest BCUT2D eigenvalue weighted by atomic mass is 32.2. The van der Waals surface area contributed by atoms with Crippen LogP contribution in [0.1, 0.15) is 6.92 Å². The summed E-state index contributed by atoms with van der Waals surface area (Å²) < 4.78 is 5.21. The van der Waals surface area contributed by atoms with Crippen molar-refractivity contribution in [2.45, 2.75) is 19.1 Å². The summed E-state index contributed by atoms with van der Waals surface area (Å²) in [6.07, 6.45) is 0.737. The number of aliphatic carboxylic acids is 1. The summed E-state index contributed by atoms with van der Waals surface area (Å²) in [6, 6.07) is 0. The van der Waals surface area contributed by atoms with Crippen molar-refractivity contribution in [1.29, 1.82) is 0 Å². The van der Waals surface area contributed by atoms with Gasteiger partial charge >= 0.3 is 5.97 Å². The topological polar surface area (TPSA) is 66.8 Å². The molecule has 2 atom stereocenters. The number of carboxylic acids is 1. The molecular formula is C9H15NO4S. The van der Waals surface area contributed by atoms with Crippen LogP contribution in [0.5, 0.6) is 0 Å². The molecule has 1 saturated heterocycles. The van der Waals surface area contributed by atoms with E-state index in [1.54, 1.807) is 11.8 Å². The second-order valence-corrected chi connectivity index (χ2v) is 4.37. The molecule has 1 rings (SSSR count). The monoisotopic (exact) mass is 233 g/mol. The first-order valence-electron chi connectivity index (χ1n) is 4.69. The maximum absolute atomic E-state index is 11.6. The average molecular weight is 233 g/mol. The molecule has 1 amide bonds. The highest BCUT2D eigenvalue weighted by Crippen LogP contribution is 2.12. The van der Waals surface area contributed by atoms with E-state index in [1.165, 1.54) is 11.8 Å². The van der Waals surface area contributed by atoms with E-state index in [-0.39, 0.29) is 18.6 Å². The van der Waals surface area contributed by atoms with Crippen LogP contribution in [0.25, 0.3) is 0 Å². The molecule has 0 bridgehead atoms. The van der Waals surface area contributed by atoms with Crippen molar-refractivity contribution >= 4 is 23.6 Å². The Morgan fingerprint density at radius 1 is 1.53 bits per heavy atom. The van der Waals surface area contributed by atoms with Crippen molar-refractivity contribution < 1.29 is 19.4 Å². The van der Waals surface area contributed by atoms with E-state index >= 15 is 0 Å². The molecule has 1 aliphatic rings. The van der Waals surface area contributed by atoms with Gasteiger partial charge in [0.1, 0.15) is 0 Å². The molecule has 15 heavy (non-hydrogen) atoms. The number of nitrogens with zero attached hydrogens (tertiary/aromatic N) is 1. The van der Waals surface area contributed by atoms with Gasteiger partial charge in [-0.15, -0.1) is 0 Å². The van der Waals surface area contributed by atoms with Gasteiger partial charge in [0.25, 0.3) is 0 Å². The van der Waals surface area contributed by atoms with Gasteiger partial charge < -0.3 is 14.7 Å². The van der Waals surface area contributed by atoms with Crippen LogP contribution >= 0.6 is 11.8 Å². The Hall–Kier alpha value is -0.750. The van der Waals surface area contributed by atoms with Crippen LogP contribution in [0.15, 0.2) is 0 Å². The van der Waals surface area contributed by atoms with E-state index in [2.05, 4.69) is 0 Å². The van der Waals surface area contributed by atoms with Gasteiger partial charge in [0.15, 0.2) is 6.10 Å². The van der Waals surface area contributed by atoms with Crippen LogP contribution in [0.3, 0.4) is 0 Å². The van der Waals surface area contributed by atoms with Gasteiger partial charge in [0, 0.05) is 6.54 Å². The highest BCUT2D eigenvalue weighted by Gasteiger charge is 2.32. The largest absolute Gasteiger partial charge is 0.479 e. The first kappa shape index (κ1) is 12.3. The van der Waals surface area contributed by atoms with Crippen LogP contribution in [-0.4, -0.2) is 59.2 Å². The minimum atomic E-state index is -1.01. The first-order valence-corrected chi connectivity index (χ1v) is 6.09. The summed E-state index contributed by atoms with van der Waals surface area (Å²) in [5.41, 5.74) is 0. The number of carbonyl (C=O) groups is 2. The van der Waals surface area contributed by atoms with E-state index in [4.69, 9.17) is 9.84 Å². The van der Waals surface area contributed by atoms with Gasteiger partial charge in [-0.05, 0) is 13.2 Å². The Kier molecular flexibility index (Phi) is 4.41. The zero-order valence-corrected chi connectivity index (χ0v) is 9.62. The first-order chi connectivity index (χ1) is 7.04. The number of amides is 1. The van der Waals surface area contributed by atoms with E-state index in [0.717, 1.165) is 0 Å². The minimum absolute atomic E-state index is 0.0242. The fraction of sp³-hybridized carbons (Fsp3) is 0.778. The minimum Gasteiger partial charge on any atom is -0.479 e. The van der Waals surface area contributed by atoms with Crippen LogP contribution < -0.4 is 0 Å². The molecule has 5 nitrogen and oxygen atoms in total. The Morgan fingerprint density at radius 2 is 2.20 bits per heavy atom. The third kappa shape index (κ3) is 3.39. The highest BCUT2D eigenvalue weighted by molar-refractivity contribution is 7.99. The van der Waals surface area contributed by atoms with Gasteiger partial charge in [0.05, 0.1) is 18.4 Å². The normalized spacial score (nSPS) is 26.4. The lowest BCUT2D eigenvalue weighted by Gasteiger charge is -2.34. The molecule has 0 aromatic carbocycles. The number of carbonyl (C=O) groups excluding carboxylic acids is 1. The Labute approximate surface area is 92.8 Å². The van der Waals surface area contributed by atoms with Crippen molar-refractivity contribution in [3.8, 4) is 0 Å². The molecule has 0 spiro atoms. The Balaban J connectivity index is 2.58. The summed E-state index contributed by atoms with van der Waals surface area (Å²) in [5, 5.41) is 8.82. The number of hydrogen-bond donors (Lipinski definition) is 1. The molecule has 0 aromatic rings. The standard InChI is InChI=1S/C9H15NO4S/c1-6-3-10(8(11)5-15-2)4-7(14-6)9(12)13/h6-7H,3-5H2,1-2H3,(H,12,13)/t6-,7?/m1/s1. The molecule has 86 valence electrons. The predicted molar refractivity (Wildman–Crippen MR) is 56.9 cm³/mol. The number of rotatable bonds is 3. The van der Waals surface area contributed by atoms with Gasteiger partial charge in [-0.3, -0.25) is 4.79 Å². The number of hydrogen-bond acceptors (Lipinski definition) is 4. The Morgan fingerprint density at radius 3 is 2.73 bits per heavy atom. The molecule has 1 fully saturated rings. The third-order valence-electron chi connectivity index (χ3n) is 2.16. The molecule has 1 aliphatic heterocycles. The van der Waals surface area contributed by atoms with E-state index in [0.29, 0.717) is 12.3 Å². The van der Waals surface area contributed by atoms with Crippen LogP contribution in [0.4, 0.5) is 0 Å². The van der Waals surface area contributed by atoms with Crippen molar-refractivity contribution in [2.75, 3.05) is 25.1 Å². The number of carboxylic acid groups (broad SMARTS) is 1. The molecule has 0 radical (unpaired) electrons. The Bertz CT molecular complexity index is 258. The molecular weight excluding hydrogens is 218 g/mol. The van der Waals surface area contributed by atoms with Gasteiger partial charge in [0.2, 0.25) is 5.91 Å². The fourth-order valence-electron chi connectivity index (χ4n) is 1.51. The maximum Gasteiger partial charge on any atom is 0.334 e. The average Bonchev–Trinajstić information content (AvgIpc) is 2.17. The summed E-state index contributed by atoms with van der Waals surface area (Å²) in [4.78, 5) is 23.9. The van der Waals surface area contributed by atoms with Crippen molar-refractivity contribution in [2.24, 2.45) is 0 Å². The van der Waals surface area contributed by atoms with Crippen molar-refractivity contribution in [3.05, 3.63) is 0 Å². The number of morpholine rings is 1. The van der Waals surface area contributed by atoms with E-state index < -0.39 is 12.1 Å². The third-order valence-corrected chi connectivity index (χ3v) is 2.69. The molecule has 0 aliphatic carbocycles. The SMILES string of the molecule is CSCC(=O)N1CC(C(=O)O)O[C@H](C)C1. The van der Waals surface area contributed by atoms with Crippen LogP contribution in [0.2, 0.25) is 0 Å². The van der Waals surface area contributed by atoms with Crippen LogP contribution in [0, 0.1) is 0 Å². The van der Waals surface area contributed by atoms with E-state index in [1.807, 2.05) is 6.26 Å². The smallest absolute Gasteiger partial charge is 0.334 e. The van der Waals surface area contributed by atoms with Crippen molar-refractivity contribution in [3.63, 3.8) is 0 Å². The van der Waals surface area contributed by atoms with Gasteiger partial charge in [-0.1, -0.05) is 0 Å². The second kappa shape index (κ2) is 5.37. The molecule has 0 saturated carbocycles. The lowest BCUT2D eigenvalue weighted by atomic mass is 10.2. The fourth-order valence-corrected chi connectivity index (χ4v) is 1.94. The molecule has 1 unspecified atom stereocenters. The molecule has 0 aromatic heterocycles. The summed E-state index contributed by atoms with van der Waals surface area (Å²) >= 11 is 1.43. The van der Waals surface area contributed by atoms with Gasteiger partial charge in [-0.25, -0.2) is 4.79 Å². The molecule has 1 N–H and O–H groups in total.